The van der Waals surface area contributed by atoms with Crippen molar-refractivity contribution in [3.63, 3.8) is 0 Å². The van der Waals surface area contributed by atoms with Crippen LogP contribution in [0.3, 0.4) is 0 Å². The molecule has 128 valence electrons. The second-order valence-electron chi connectivity index (χ2n) is 5.14. The Kier molecular flexibility index (Phi) is 6.27. The van der Waals surface area contributed by atoms with Crippen molar-refractivity contribution in [1.82, 2.24) is 0 Å². The Bertz CT molecular complexity index is 696. The van der Waals surface area contributed by atoms with Gasteiger partial charge in [-0.3, -0.25) is 4.52 Å². The van der Waals surface area contributed by atoms with Gasteiger partial charge in [-0.25, -0.2) is 0 Å². The third kappa shape index (κ3) is 5.79. The Morgan fingerprint density at radius 3 is 1.44 bits per heavy atom. The van der Waals surface area contributed by atoms with E-state index in [1.54, 1.807) is 0 Å². The van der Waals surface area contributed by atoms with Gasteiger partial charge in [0, 0.05) is 0 Å². The Morgan fingerprint density at radius 1 is 0.600 bits per heavy atom. The van der Waals surface area contributed by atoms with E-state index in [4.69, 9.17) is 18.3 Å². The van der Waals surface area contributed by atoms with Crippen LogP contribution in [0.25, 0.3) is 0 Å². The van der Waals surface area contributed by atoms with Crippen LogP contribution in [-0.4, -0.2) is 6.29 Å². The summed E-state index contributed by atoms with van der Waals surface area (Å²) in [4.78, 5) is 0. The minimum atomic E-state index is -1.67. The average Bonchev–Trinajstić information content (AvgIpc) is 2.64. The summed E-state index contributed by atoms with van der Waals surface area (Å²) in [7, 11) is -1.67. The van der Waals surface area contributed by atoms with Crippen molar-refractivity contribution >= 4 is 8.60 Å². The third-order valence-electron chi connectivity index (χ3n) is 3.13. The topological polar surface area (TPSA) is 36.9 Å². The normalized spacial score (nSPS) is 11.8. The van der Waals surface area contributed by atoms with E-state index in [1.165, 1.54) is 0 Å². The molecule has 0 saturated carbocycles. The smallest absolute Gasteiger partial charge is 0.465 e. The van der Waals surface area contributed by atoms with Crippen LogP contribution in [0.2, 0.25) is 0 Å². The zero-order valence-electron chi connectivity index (χ0n) is 13.8. The van der Waals surface area contributed by atoms with Crippen LogP contribution in [0.15, 0.2) is 91.0 Å². The van der Waals surface area contributed by atoms with Gasteiger partial charge in [0.15, 0.2) is 0 Å². The first kappa shape index (κ1) is 17.3. The van der Waals surface area contributed by atoms with E-state index in [-0.39, 0.29) is 0 Å². The van der Waals surface area contributed by atoms with Gasteiger partial charge < -0.3 is 13.8 Å². The second kappa shape index (κ2) is 9.07. The Balaban J connectivity index is 1.66. The zero-order valence-corrected chi connectivity index (χ0v) is 14.7. The fraction of sp³-hybridized carbons (Fsp3) is 0.100. The lowest BCUT2D eigenvalue weighted by molar-refractivity contribution is 0.0159. The maximum atomic E-state index is 5.87. The molecule has 1 unspecified atom stereocenters. The molecule has 0 aliphatic heterocycles. The van der Waals surface area contributed by atoms with Crippen molar-refractivity contribution in [2.24, 2.45) is 0 Å². The summed E-state index contributed by atoms with van der Waals surface area (Å²) in [5.41, 5.74) is 0. The lowest BCUT2D eigenvalue weighted by atomic mass is 10.3. The van der Waals surface area contributed by atoms with Gasteiger partial charge >= 0.3 is 8.60 Å². The predicted octanol–water partition coefficient (Wildman–Crippen LogP) is 5.81. The molecule has 0 bridgehead atoms. The Morgan fingerprint density at radius 2 is 1.00 bits per heavy atom. The molecule has 0 saturated heterocycles. The lowest BCUT2D eigenvalue weighted by Crippen LogP contribution is -2.16. The summed E-state index contributed by atoms with van der Waals surface area (Å²) in [5.74, 6) is 2.08. The monoisotopic (exact) mass is 354 g/mol. The van der Waals surface area contributed by atoms with Gasteiger partial charge in [0.1, 0.15) is 17.2 Å². The van der Waals surface area contributed by atoms with Gasteiger partial charge in [-0.15, -0.1) is 0 Å². The maximum Gasteiger partial charge on any atom is 0.466 e. The van der Waals surface area contributed by atoms with Crippen LogP contribution < -0.4 is 13.8 Å². The molecule has 0 aliphatic rings. The van der Waals surface area contributed by atoms with E-state index in [0.717, 1.165) is 5.75 Å². The predicted molar refractivity (Wildman–Crippen MR) is 98.7 cm³/mol. The van der Waals surface area contributed by atoms with E-state index in [9.17, 15) is 0 Å². The number of hydrogen-bond donors (Lipinski definition) is 0. The van der Waals surface area contributed by atoms with E-state index < -0.39 is 14.9 Å². The summed E-state index contributed by atoms with van der Waals surface area (Å²) >= 11 is 0. The average molecular weight is 354 g/mol. The molecule has 3 aromatic rings. The molecule has 3 rings (SSSR count). The highest BCUT2D eigenvalue weighted by Gasteiger charge is 2.22. The quantitative estimate of drug-likeness (QED) is 0.378. The van der Waals surface area contributed by atoms with Crippen molar-refractivity contribution in [2.75, 3.05) is 0 Å². The van der Waals surface area contributed by atoms with Crippen LogP contribution in [-0.2, 0) is 4.52 Å². The minimum absolute atomic E-state index is 0.527. The molecule has 0 aromatic heterocycles. The highest BCUT2D eigenvalue weighted by atomic mass is 31.2. The van der Waals surface area contributed by atoms with Crippen molar-refractivity contribution in [3.05, 3.63) is 91.0 Å². The molecule has 0 fully saturated rings. The molecule has 0 amide bonds. The highest BCUT2D eigenvalue weighted by molar-refractivity contribution is 7.42. The van der Waals surface area contributed by atoms with E-state index in [0.29, 0.717) is 11.5 Å². The first-order chi connectivity index (χ1) is 12.3. The molecular weight excluding hydrogens is 335 g/mol. The first-order valence-electron chi connectivity index (χ1n) is 7.94. The van der Waals surface area contributed by atoms with Crippen LogP contribution in [0, 0.1) is 0 Å². The Hall–Kier alpha value is -2.55. The molecule has 5 heteroatoms. The molecule has 1 atom stereocenters. The van der Waals surface area contributed by atoms with Gasteiger partial charge in [0.05, 0.1) is 0 Å². The summed E-state index contributed by atoms with van der Waals surface area (Å²) in [6.07, 6.45) is -0.527. The molecule has 25 heavy (non-hydrogen) atoms. The Labute approximate surface area is 148 Å². The number of rotatable bonds is 8. The summed E-state index contributed by atoms with van der Waals surface area (Å²) < 4.78 is 23.3. The summed E-state index contributed by atoms with van der Waals surface area (Å²) in [6, 6.07) is 28.4. The van der Waals surface area contributed by atoms with Gasteiger partial charge in [-0.1, -0.05) is 54.6 Å². The molecule has 0 spiro atoms. The third-order valence-corrected chi connectivity index (χ3v) is 4.31. The van der Waals surface area contributed by atoms with Crippen LogP contribution >= 0.6 is 8.60 Å². The SMILES string of the molecule is CC(Oc1ccccc1)OP(Oc1ccccc1)Oc1ccccc1. The van der Waals surface area contributed by atoms with Gasteiger partial charge in [0.25, 0.3) is 0 Å². The molecule has 3 aromatic carbocycles. The van der Waals surface area contributed by atoms with E-state index in [1.807, 2.05) is 97.9 Å². The molecular formula is C20H19O4P. The second-order valence-corrected chi connectivity index (χ2v) is 6.16. The molecule has 0 aliphatic carbocycles. The first-order valence-corrected chi connectivity index (χ1v) is 9.04. The van der Waals surface area contributed by atoms with Crippen LogP contribution in [0.5, 0.6) is 17.2 Å². The highest BCUT2D eigenvalue weighted by Crippen LogP contribution is 2.42. The standard InChI is InChI=1S/C20H19O4P/c1-17(21-18-11-5-2-6-12-18)22-25(23-19-13-7-3-8-14-19)24-20-15-9-4-10-16-20/h2-17H,1H3. The van der Waals surface area contributed by atoms with Crippen molar-refractivity contribution < 1.29 is 18.3 Å². The molecule has 0 heterocycles. The van der Waals surface area contributed by atoms with Crippen molar-refractivity contribution in [2.45, 2.75) is 13.2 Å². The number of ether oxygens (including phenoxy) is 1. The van der Waals surface area contributed by atoms with E-state index in [2.05, 4.69) is 0 Å². The van der Waals surface area contributed by atoms with Crippen LogP contribution in [0.1, 0.15) is 6.92 Å². The lowest BCUT2D eigenvalue weighted by Gasteiger charge is -2.21. The molecule has 0 radical (unpaired) electrons. The van der Waals surface area contributed by atoms with Crippen LogP contribution in [0.4, 0.5) is 0 Å². The van der Waals surface area contributed by atoms with Gasteiger partial charge in [0.2, 0.25) is 6.29 Å². The summed E-state index contributed by atoms with van der Waals surface area (Å²) in [5, 5.41) is 0. The van der Waals surface area contributed by atoms with E-state index >= 15 is 0 Å². The maximum absolute atomic E-state index is 5.87. The van der Waals surface area contributed by atoms with Gasteiger partial charge in [-0.2, -0.15) is 0 Å². The largest absolute Gasteiger partial charge is 0.466 e. The summed E-state index contributed by atoms with van der Waals surface area (Å²) in [6.45, 7) is 1.81. The number of hydrogen-bond acceptors (Lipinski definition) is 4. The molecule has 0 N–H and O–H groups in total. The van der Waals surface area contributed by atoms with Crippen molar-refractivity contribution in [3.8, 4) is 17.2 Å². The van der Waals surface area contributed by atoms with Gasteiger partial charge in [-0.05, 0) is 43.3 Å². The molecule has 4 nitrogen and oxygen atoms in total. The fourth-order valence-corrected chi connectivity index (χ4v) is 3.03. The number of para-hydroxylation sites is 3. The fourth-order valence-electron chi connectivity index (χ4n) is 2.03. The number of benzene rings is 3. The zero-order chi connectivity index (χ0) is 17.3. The minimum Gasteiger partial charge on any atom is -0.465 e. The van der Waals surface area contributed by atoms with Crippen molar-refractivity contribution in [1.29, 1.82) is 0 Å².